The smallest absolute Gasteiger partial charge is 0.251 e. The predicted octanol–water partition coefficient (Wildman–Crippen LogP) is 2.02. The molecule has 1 N–H and O–H groups in total. The van der Waals surface area contributed by atoms with E-state index in [9.17, 15) is 9.90 Å². The normalized spacial score (nSPS) is 13.7. The maximum atomic E-state index is 11.9. The number of aliphatic hydroxyl groups is 1. The Kier molecular flexibility index (Phi) is 6.45. The van der Waals surface area contributed by atoms with Crippen LogP contribution in [0.25, 0.3) is 0 Å². The fourth-order valence-corrected chi connectivity index (χ4v) is 2.28. The van der Waals surface area contributed by atoms with Gasteiger partial charge in [0.1, 0.15) is 5.75 Å². The van der Waals surface area contributed by atoms with Gasteiger partial charge in [-0.15, -0.1) is 0 Å². The molecule has 0 aliphatic rings. The molecule has 0 aliphatic carbocycles. The number of aliphatic hydroxyl groups excluding tert-OH is 1. The van der Waals surface area contributed by atoms with Crippen molar-refractivity contribution in [3.8, 4) is 5.75 Å². The van der Waals surface area contributed by atoms with Gasteiger partial charge >= 0.3 is 0 Å². The number of amides is 1. The zero-order valence-corrected chi connectivity index (χ0v) is 13.7. The molecule has 0 heterocycles. The third-order valence-corrected chi connectivity index (χ3v) is 3.98. The van der Waals surface area contributed by atoms with Gasteiger partial charge in [-0.25, -0.2) is 5.06 Å². The Hall–Kier alpha value is -1.11. The Morgan fingerprint density at radius 3 is 2.60 bits per heavy atom. The lowest BCUT2D eigenvalue weighted by atomic mass is 9.97. The summed E-state index contributed by atoms with van der Waals surface area (Å²) in [6.07, 6.45) is -0.417. The molecule has 0 aliphatic heterocycles. The van der Waals surface area contributed by atoms with Gasteiger partial charge < -0.3 is 9.84 Å². The first-order valence-corrected chi connectivity index (χ1v) is 7.02. The van der Waals surface area contributed by atoms with E-state index in [2.05, 4.69) is 15.9 Å². The molecule has 2 atom stereocenters. The summed E-state index contributed by atoms with van der Waals surface area (Å²) in [5, 5.41) is 11.3. The molecule has 0 unspecified atom stereocenters. The van der Waals surface area contributed by atoms with E-state index in [1.165, 1.54) is 14.2 Å². The second kappa shape index (κ2) is 7.61. The van der Waals surface area contributed by atoms with Crippen LogP contribution in [0.15, 0.2) is 22.7 Å². The van der Waals surface area contributed by atoms with Crippen LogP contribution in [-0.2, 0) is 16.1 Å². The number of rotatable bonds is 6. The maximum Gasteiger partial charge on any atom is 0.251 e. The molecule has 0 fully saturated rings. The van der Waals surface area contributed by atoms with Crippen LogP contribution in [0.5, 0.6) is 5.75 Å². The summed E-state index contributed by atoms with van der Waals surface area (Å²) in [7, 11) is 4.53. The third-order valence-electron chi connectivity index (χ3n) is 3.24. The van der Waals surface area contributed by atoms with Crippen molar-refractivity contribution in [2.75, 3.05) is 21.3 Å². The first-order chi connectivity index (χ1) is 9.40. The molecular formula is C14H20BrNO4. The van der Waals surface area contributed by atoms with Gasteiger partial charge in [0.25, 0.3) is 5.91 Å². The fraction of sp³-hybridized carbons (Fsp3) is 0.500. The molecule has 20 heavy (non-hydrogen) atoms. The summed E-state index contributed by atoms with van der Waals surface area (Å²) in [6.45, 7) is 1.68. The van der Waals surface area contributed by atoms with Crippen molar-refractivity contribution in [3.05, 3.63) is 28.2 Å². The van der Waals surface area contributed by atoms with Crippen LogP contribution in [-0.4, -0.2) is 43.4 Å². The maximum absolute atomic E-state index is 11.9. The van der Waals surface area contributed by atoms with Crippen molar-refractivity contribution >= 4 is 21.8 Å². The van der Waals surface area contributed by atoms with Crippen LogP contribution in [0.1, 0.15) is 12.5 Å². The Morgan fingerprint density at radius 2 is 2.10 bits per heavy atom. The highest BCUT2D eigenvalue weighted by Crippen LogP contribution is 2.25. The number of carbonyl (C=O) groups is 1. The average Bonchev–Trinajstić information content (AvgIpc) is 2.46. The molecule has 0 radical (unpaired) electrons. The van der Waals surface area contributed by atoms with E-state index in [4.69, 9.17) is 9.57 Å². The molecular weight excluding hydrogens is 326 g/mol. The van der Waals surface area contributed by atoms with Crippen LogP contribution in [0.4, 0.5) is 0 Å². The first kappa shape index (κ1) is 16.9. The molecule has 1 aromatic rings. The quantitative estimate of drug-likeness (QED) is 0.801. The van der Waals surface area contributed by atoms with Gasteiger partial charge in [0.2, 0.25) is 0 Å². The van der Waals surface area contributed by atoms with Gasteiger partial charge in [-0.05, 0) is 17.7 Å². The van der Waals surface area contributed by atoms with Crippen LogP contribution < -0.4 is 4.74 Å². The number of benzene rings is 1. The largest absolute Gasteiger partial charge is 0.497 e. The second-order valence-corrected chi connectivity index (χ2v) is 5.39. The van der Waals surface area contributed by atoms with Crippen molar-refractivity contribution < 1.29 is 19.5 Å². The van der Waals surface area contributed by atoms with Crippen LogP contribution in [0.2, 0.25) is 0 Å². The highest BCUT2D eigenvalue weighted by Gasteiger charge is 2.25. The molecule has 112 valence electrons. The SMILES string of the molecule is COc1ccc(C[C@H](O)[C@@H](C)C(=O)N(C)OC)c(Br)c1. The van der Waals surface area contributed by atoms with Gasteiger partial charge in [-0.2, -0.15) is 0 Å². The Labute approximate surface area is 127 Å². The highest BCUT2D eigenvalue weighted by atomic mass is 79.9. The van der Waals surface area contributed by atoms with Gasteiger partial charge in [-0.3, -0.25) is 9.63 Å². The monoisotopic (exact) mass is 345 g/mol. The van der Waals surface area contributed by atoms with Crippen molar-refractivity contribution in [3.63, 3.8) is 0 Å². The number of carbonyl (C=O) groups excluding carboxylic acids is 1. The van der Waals surface area contributed by atoms with Gasteiger partial charge in [0.05, 0.1) is 26.2 Å². The minimum absolute atomic E-state index is 0.260. The average molecular weight is 346 g/mol. The predicted molar refractivity (Wildman–Crippen MR) is 79.3 cm³/mol. The summed E-state index contributed by atoms with van der Waals surface area (Å²) in [4.78, 5) is 16.7. The highest BCUT2D eigenvalue weighted by molar-refractivity contribution is 9.10. The van der Waals surface area contributed by atoms with Crippen molar-refractivity contribution in [1.82, 2.24) is 5.06 Å². The van der Waals surface area contributed by atoms with E-state index >= 15 is 0 Å². The molecule has 0 spiro atoms. The Balaban J connectivity index is 2.75. The number of hydrogen-bond acceptors (Lipinski definition) is 4. The zero-order chi connectivity index (χ0) is 15.3. The van der Waals surface area contributed by atoms with E-state index < -0.39 is 12.0 Å². The summed E-state index contributed by atoms with van der Waals surface area (Å²) in [5.41, 5.74) is 0.915. The summed E-state index contributed by atoms with van der Waals surface area (Å²) in [5.74, 6) is -0.0723. The summed E-state index contributed by atoms with van der Waals surface area (Å²) < 4.78 is 5.96. The summed E-state index contributed by atoms with van der Waals surface area (Å²) >= 11 is 3.43. The van der Waals surface area contributed by atoms with Crippen LogP contribution >= 0.6 is 15.9 Å². The van der Waals surface area contributed by atoms with Gasteiger partial charge in [0.15, 0.2) is 0 Å². The van der Waals surface area contributed by atoms with E-state index in [0.29, 0.717) is 6.42 Å². The van der Waals surface area contributed by atoms with Crippen LogP contribution in [0.3, 0.4) is 0 Å². The summed E-state index contributed by atoms with van der Waals surface area (Å²) in [6, 6.07) is 5.51. The number of halogens is 1. The number of ether oxygens (including phenoxy) is 1. The Bertz CT molecular complexity index is 466. The first-order valence-electron chi connectivity index (χ1n) is 6.22. The molecule has 1 aromatic carbocycles. The molecule has 1 amide bonds. The zero-order valence-electron chi connectivity index (χ0n) is 12.1. The lowest BCUT2D eigenvalue weighted by molar-refractivity contribution is -0.176. The topological polar surface area (TPSA) is 59.0 Å². The third kappa shape index (κ3) is 4.19. The molecule has 0 aromatic heterocycles. The van der Waals surface area contributed by atoms with E-state index in [-0.39, 0.29) is 5.91 Å². The lowest BCUT2D eigenvalue weighted by Gasteiger charge is -2.23. The molecule has 0 saturated carbocycles. The van der Waals surface area contributed by atoms with Crippen molar-refractivity contribution in [1.29, 1.82) is 0 Å². The molecule has 1 rings (SSSR count). The van der Waals surface area contributed by atoms with Gasteiger partial charge in [-0.1, -0.05) is 28.9 Å². The molecule has 0 bridgehead atoms. The van der Waals surface area contributed by atoms with E-state index in [1.807, 2.05) is 18.2 Å². The number of hydrogen-bond donors (Lipinski definition) is 1. The van der Waals surface area contributed by atoms with Crippen LogP contribution in [0, 0.1) is 5.92 Å². The standard InChI is InChI=1S/C14H20BrNO4/c1-9(14(18)16(2)20-4)13(17)7-10-5-6-11(19-3)8-12(10)15/h5-6,8-9,13,17H,7H2,1-4H3/t9-,13+/m1/s1. The second-order valence-electron chi connectivity index (χ2n) is 4.54. The molecule has 0 saturated heterocycles. The van der Waals surface area contributed by atoms with Crippen molar-refractivity contribution in [2.45, 2.75) is 19.4 Å². The molecule has 5 nitrogen and oxygen atoms in total. The molecule has 6 heteroatoms. The number of nitrogens with zero attached hydrogens (tertiary/aromatic N) is 1. The minimum atomic E-state index is -0.787. The van der Waals surface area contributed by atoms with Gasteiger partial charge in [0, 0.05) is 17.9 Å². The lowest BCUT2D eigenvalue weighted by Crippen LogP contribution is -2.37. The van der Waals surface area contributed by atoms with E-state index in [0.717, 1.165) is 20.8 Å². The van der Waals surface area contributed by atoms with Crippen molar-refractivity contribution in [2.24, 2.45) is 5.92 Å². The minimum Gasteiger partial charge on any atom is -0.497 e. The number of methoxy groups -OCH3 is 1. The van der Waals surface area contributed by atoms with E-state index in [1.54, 1.807) is 14.0 Å². The fourth-order valence-electron chi connectivity index (χ4n) is 1.76. The number of hydroxylamine groups is 2. The Morgan fingerprint density at radius 1 is 1.45 bits per heavy atom.